The third-order valence-electron chi connectivity index (χ3n) is 4.45. The first kappa shape index (κ1) is 22.5. The van der Waals surface area contributed by atoms with Gasteiger partial charge in [-0.3, -0.25) is 9.78 Å². The minimum Gasteiger partial charge on any atom is -0.465 e. The molecule has 2 aromatic carbocycles. The maximum Gasteiger partial charge on any atom is 0.405 e. The van der Waals surface area contributed by atoms with Gasteiger partial charge in [0.05, 0.1) is 21.7 Å². The Morgan fingerprint density at radius 3 is 1.90 bits per heavy atom. The Morgan fingerprint density at radius 2 is 1.42 bits per heavy atom. The Balaban J connectivity index is 2.06. The largest absolute Gasteiger partial charge is 0.465 e. The molecule has 1 aromatic heterocycles. The predicted molar refractivity (Wildman–Crippen MR) is 115 cm³/mol. The number of halogens is 4. The smallest absolute Gasteiger partial charge is 0.405 e. The van der Waals surface area contributed by atoms with Crippen LogP contribution in [-0.2, 0) is 4.79 Å². The van der Waals surface area contributed by atoms with Crippen LogP contribution in [0.5, 0.6) is 0 Å². The van der Waals surface area contributed by atoms with E-state index in [2.05, 4.69) is 15.6 Å². The van der Waals surface area contributed by atoms with E-state index in [0.29, 0.717) is 11.1 Å². The molecule has 2 amide bonds. The van der Waals surface area contributed by atoms with Crippen LogP contribution in [-0.4, -0.2) is 28.1 Å². The molecule has 1 unspecified atom stereocenters. The number of amides is 2. The minimum absolute atomic E-state index is 0.0553. The summed E-state index contributed by atoms with van der Waals surface area (Å²) in [5.41, 5.74) is 0.877. The van der Waals surface area contributed by atoms with Gasteiger partial charge in [-0.15, -0.1) is 0 Å². The van der Waals surface area contributed by atoms with E-state index in [0.717, 1.165) is 6.20 Å². The second-order valence-corrected chi connectivity index (χ2v) is 7.56. The number of carbonyl (C=O) groups is 2. The van der Waals surface area contributed by atoms with Gasteiger partial charge in [0.25, 0.3) is 0 Å². The number of nitrogens with zero attached hydrogens (tertiary/aromatic N) is 1. The van der Waals surface area contributed by atoms with Gasteiger partial charge in [0.15, 0.2) is 5.82 Å². The van der Waals surface area contributed by atoms with Crippen LogP contribution in [0.4, 0.5) is 23.7 Å². The van der Waals surface area contributed by atoms with E-state index in [-0.39, 0.29) is 9.26 Å². The normalized spacial score (nSPS) is 11.8. The van der Waals surface area contributed by atoms with Crippen LogP contribution in [0.25, 0.3) is 0 Å². The van der Waals surface area contributed by atoms with Crippen molar-refractivity contribution in [3.63, 3.8) is 0 Å². The summed E-state index contributed by atoms with van der Waals surface area (Å²) in [6, 6.07) is 8.87. The van der Waals surface area contributed by atoms with Crippen molar-refractivity contribution in [1.29, 1.82) is 0 Å². The van der Waals surface area contributed by atoms with Crippen LogP contribution in [0, 0.1) is 21.0 Å². The van der Waals surface area contributed by atoms with E-state index < -0.39 is 41.4 Å². The van der Waals surface area contributed by atoms with E-state index >= 15 is 0 Å². The van der Waals surface area contributed by atoms with Crippen molar-refractivity contribution in [2.45, 2.75) is 12.0 Å². The quantitative estimate of drug-likeness (QED) is 0.401. The SMILES string of the molecule is O=C(O)NC(C(=O)Nc1cncc(F)c1I)C(c1ccc(F)cc1)c1ccc(F)cc1. The van der Waals surface area contributed by atoms with Gasteiger partial charge in [0, 0.05) is 5.92 Å². The summed E-state index contributed by atoms with van der Waals surface area (Å²) in [6.45, 7) is 0. The summed E-state index contributed by atoms with van der Waals surface area (Å²) >= 11 is 1.69. The zero-order valence-corrected chi connectivity index (χ0v) is 17.8. The summed E-state index contributed by atoms with van der Waals surface area (Å²) < 4.78 is 40.8. The molecule has 0 aliphatic heterocycles. The summed E-state index contributed by atoms with van der Waals surface area (Å²) in [7, 11) is 0. The number of rotatable bonds is 6. The molecule has 0 aliphatic rings. The molecule has 0 radical (unpaired) electrons. The first-order chi connectivity index (χ1) is 14.8. The average Bonchev–Trinajstić information content (AvgIpc) is 2.73. The Hall–Kier alpha value is -3.15. The van der Waals surface area contributed by atoms with Crippen molar-refractivity contribution in [3.8, 4) is 0 Å². The highest BCUT2D eigenvalue weighted by Crippen LogP contribution is 2.30. The molecule has 3 rings (SSSR count). The number of hydrogen-bond donors (Lipinski definition) is 3. The molecule has 3 aromatic rings. The Labute approximate surface area is 188 Å². The highest BCUT2D eigenvalue weighted by molar-refractivity contribution is 14.1. The molecule has 1 heterocycles. The third-order valence-corrected chi connectivity index (χ3v) is 5.54. The second-order valence-electron chi connectivity index (χ2n) is 6.48. The Morgan fingerprint density at radius 1 is 0.903 bits per heavy atom. The van der Waals surface area contributed by atoms with Crippen molar-refractivity contribution in [3.05, 3.63) is 93.1 Å². The molecule has 160 valence electrons. The average molecular weight is 541 g/mol. The molecule has 1 atom stereocenters. The molecule has 0 spiro atoms. The van der Waals surface area contributed by atoms with Crippen molar-refractivity contribution in [2.75, 3.05) is 5.32 Å². The fourth-order valence-electron chi connectivity index (χ4n) is 3.07. The number of aromatic nitrogens is 1. The lowest BCUT2D eigenvalue weighted by Crippen LogP contribution is -2.47. The summed E-state index contributed by atoms with van der Waals surface area (Å²) in [4.78, 5) is 28.3. The molecule has 0 fully saturated rings. The summed E-state index contributed by atoms with van der Waals surface area (Å²) in [6.07, 6.45) is 0.719. The molecule has 0 bridgehead atoms. The first-order valence-corrected chi connectivity index (χ1v) is 9.94. The third kappa shape index (κ3) is 5.51. The standard InChI is InChI=1S/C21H15F3IN3O3/c22-13-5-1-11(2-6-13)17(12-3-7-14(23)8-4-12)19(28-21(30)31)20(29)27-16-10-26-9-15(24)18(16)25/h1-10,17,19,28H,(H,27,29)(H,30,31). The number of benzene rings is 2. The molecular formula is C21H15F3IN3O3. The molecule has 31 heavy (non-hydrogen) atoms. The van der Waals surface area contributed by atoms with E-state index in [1.165, 1.54) is 54.7 Å². The zero-order chi connectivity index (χ0) is 22.5. The van der Waals surface area contributed by atoms with Crippen molar-refractivity contribution in [2.24, 2.45) is 0 Å². The highest BCUT2D eigenvalue weighted by Gasteiger charge is 2.33. The number of carbonyl (C=O) groups excluding carboxylic acids is 1. The fourth-order valence-corrected chi connectivity index (χ4v) is 3.48. The lowest BCUT2D eigenvalue weighted by molar-refractivity contribution is -0.118. The first-order valence-electron chi connectivity index (χ1n) is 8.86. The number of nitrogens with one attached hydrogen (secondary N) is 2. The van der Waals surface area contributed by atoms with Crippen LogP contribution in [0.15, 0.2) is 60.9 Å². The molecule has 10 heteroatoms. The lowest BCUT2D eigenvalue weighted by Gasteiger charge is -2.27. The van der Waals surface area contributed by atoms with Crippen molar-refractivity contribution < 1.29 is 27.9 Å². The van der Waals surface area contributed by atoms with Gasteiger partial charge in [0.1, 0.15) is 17.7 Å². The fraction of sp³-hybridized carbons (Fsp3) is 0.0952. The maximum absolute atomic E-state index is 13.8. The summed E-state index contributed by atoms with van der Waals surface area (Å²) in [5, 5.41) is 14.0. The van der Waals surface area contributed by atoms with Crippen LogP contribution in [0.3, 0.4) is 0 Å². The van der Waals surface area contributed by atoms with Gasteiger partial charge in [0.2, 0.25) is 5.91 Å². The predicted octanol–water partition coefficient (Wildman–Crippen LogP) is 4.51. The van der Waals surface area contributed by atoms with E-state index in [1.807, 2.05) is 0 Å². The van der Waals surface area contributed by atoms with Crippen LogP contribution in [0.1, 0.15) is 17.0 Å². The van der Waals surface area contributed by atoms with E-state index in [1.54, 1.807) is 22.6 Å². The number of pyridine rings is 1. The van der Waals surface area contributed by atoms with Gasteiger partial charge in [-0.2, -0.15) is 0 Å². The number of carboxylic acid groups (broad SMARTS) is 1. The number of hydrogen-bond acceptors (Lipinski definition) is 3. The van der Waals surface area contributed by atoms with Crippen molar-refractivity contribution in [1.82, 2.24) is 10.3 Å². The van der Waals surface area contributed by atoms with E-state index in [4.69, 9.17) is 0 Å². The molecule has 0 aliphatic carbocycles. The topological polar surface area (TPSA) is 91.3 Å². The van der Waals surface area contributed by atoms with Crippen LogP contribution >= 0.6 is 22.6 Å². The molecular weight excluding hydrogens is 526 g/mol. The second kappa shape index (κ2) is 9.77. The Bertz CT molecular complexity index is 1050. The lowest BCUT2D eigenvalue weighted by atomic mass is 9.84. The van der Waals surface area contributed by atoms with Gasteiger partial charge in [-0.1, -0.05) is 24.3 Å². The van der Waals surface area contributed by atoms with Crippen molar-refractivity contribution >= 4 is 40.3 Å². The molecule has 3 N–H and O–H groups in total. The van der Waals surface area contributed by atoms with Gasteiger partial charge in [-0.25, -0.2) is 18.0 Å². The summed E-state index contributed by atoms with van der Waals surface area (Å²) in [5.74, 6) is -3.43. The van der Waals surface area contributed by atoms with Crippen LogP contribution in [0.2, 0.25) is 0 Å². The van der Waals surface area contributed by atoms with E-state index in [9.17, 15) is 27.9 Å². The Kier molecular flexibility index (Phi) is 7.10. The van der Waals surface area contributed by atoms with Gasteiger partial charge in [-0.05, 0) is 58.0 Å². The van der Waals surface area contributed by atoms with Gasteiger partial charge < -0.3 is 15.7 Å². The molecule has 0 saturated heterocycles. The highest BCUT2D eigenvalue weighted by atomic mass is 127. The molecule has 0 saturated carbocycles. The number of anilines is 1. The monoisotopic (exact) mass is 541 g/mol. The van der Waals surface area contributed by atoms with Crippen LogP contribution < -0.4 is 10.6 Å². The minimum atomic E-state index is -1.48. The van der Waals surface area contributed by atoms with Gasteiger partial charge >= 0.3 is 6.09 Å². The molecule has 6 nitrogen and oxygen atoms in total. The zero-order valence-electron chi connectivity index (χ0n) is 15.7. The maximum atomic E-state index is 13.8.